The van der Waals surface area contributed by atoms with Gasteiger partial charge < -0.3 is 15.1 Å². The maximum Gasteiger partial charge on any atom is 0.227 e. The van der Waals surface area contributed by atoms with Crippen molar-refractivity contribution >= 4 is 11.8 Å². The summed E-state index contributed by atoms with van der Waals surface area (Å²) in [6.45, 7) is 12.6. The van der Waals surface area contributed by atoms with Gasteiger partial charge in [-0.2, -0.15) is 0 Å². The van der Waals surface area contributed by atoms with Crippen LogP contribution in [0.15, 0.2) is 0 Å². The van der Waals surface area contributed by atoms with Gasteiger partial charge in [0.1, 0.15) is 0 Å². The number of nitrogens with one attached hydrogen (secondary N) is 1. The van der Waals surface area contributed by atoms with Gasteiger partial charge in [-0.05, 0) is 45.2 Å². The molecule has 2 amide bonds. The van der Waals surface area contributed by atoms with Gasteiger partial charge in [0.05, 0.1) is 5.92 Å². The second kappa shape index (κ2) is 8.32. The topological polar surface area (TPSA) is 52.7 Å². The number of hydrogen-bond donors (Lipinski definition) is 1. The van der Waals surface area contributed by atoms with Crippen LogP contribution in [-0.2, 0) is 9.59 Å². The molecule has 2 aliphatic rings. The summed E-state index contributed by atoms with van der Waals surface area (Å²) >= 11 is 0. The molecule has 2 rings (SSSR count). The van der Waals surface area contributed by atoms with E-state index in [2.05, 4.69) is 17.1 Å². The molecule has 0 aliphatic carbocycles. The first-order chi connectivity index (χ1) is 11.3. The van der Waals surface area contributed by atoms with Crippen LogP contribution in [0.3, 0.4) is 0 Å². The SMILES string of the molecule is CC[C@H](CN1CCCC1)NC(=O)[C@@H]1CCCN(C(=O)C(C)(C)C)C1. The highest BCUT2D eigenvalue weighted by Crippen LogP contribution is 2.23. The fourth-order valence-corrected chi connectivity index (χ4v) is 3.72. The van der Waals surface area contributed by atoms with Crippen molar-refractivity contribution in [2.45, 2.75) is 65.8 Å². The molecule has 5 heteroatoms. The molecule has 0 aromatic rings. The highest BCUT2D eigenvalue weighted by molar-refractivity contribution is 5.84. The molecular weight excluding hydrogens is 302 g/mol. The number of likely N-dealkylation sites (tertiary alicyclic amines) is 2. The van der Waals surface area contributed by atoms with E-state index in [4.69, 9.17) is 0 Å². The van der Waals surface area contributed by atoms with Gasteiger partial charge in [-0.25, -0.2) is 0 Å². The predicted molar refractivity (Wildman–Crippen MR) is 96.7 cm³/mol. The van der Waals surface area contributed by atoms with Crippen LogP contribution in [0.4, 0.5) is 0 Å². The summed E-state index contributed by atoms with van der Waals surface area (Å²) in [5.41, 5.74) is -0.375. The van der Waals surface area contributed by atoms with Crippen LogP contribution < -0.4 is 5.32 Å². The largest absolute Gasteiger partial charge is 0.352 e. The van der Waals surface area contributed by atoms with E-state index in [1.165, 1.54) is 12.8 Å². The second-order valence-corrected chi connectivity index (χ2v) is 8.46. The first-order valence-corrected chi connectivity index (χ1v) is 9.63. The summed E-state index contributed by atoms with van der Waals surface area (Å²) in [7, 11) is 0. The van der Waals surface area contributed by atoms with Gasteiger partial charge >= 0.3 is 0 Å². The van der Waals surface area contributed by atoms with E-state index >= 15 is 0 Å². The van der Waals surface area contributed by atoms with Crippen molar-refractivity contribution in [3.05, 3.63) is 0 Å². The van der Waals surface area contributed by atoms with Crippen molar-refractivity contribution in [3.8, 4) is 0 Å². The van der Waals surface area contributed by atoms with Gasteiger partial charge in [-0.3, -0.25) is 9.59 Å². The Morgan fingerprint density at radius 1 is 1.12 bits per heavy atom. The average Bonchev–Trinajstić information content (AvgIpc) is 3.05. The number of piperidine rings is 1. The number of nitrogens with zero attached hydrogens (tertiary/aromatic N) is 2. The summed E-state index contributed by atoms with van der Waals surface area (Å²) < 4.78 is 0. The zero-order chi connectivity index (χ0) is 17.7. The van der Waals surface area contributed by atoms with Crippen LogP contribution in [0.1, 0.15) is 59.8 Å². The maximum atomic E-state index is 12.7. The molecule has 0 saturated carbocycles. The fourth-order valence-electron chi connectivity index (χ4n) is 3.72. The van der Waals surface area contributed by atoms with E-state index in [0.29, 0.717) is 6.54 Å². The number of carbonyl (C=O) groups excluding carboxylic acids is 2. The molecule has 0 bridgehead atoms. The zero-order valence-electron chi connectivity index (χ0n) is 15.9. The van der Waals surface area contributed by atoms with Gasteiger partial charge in [0, 0.05) is 31.1 Å². The van der Waals surface area contributed by atoms with Crippen LogP contribution in [0.5, 0.6) is 0 Å². The number of amides is 2. The molecule has 1 N–H and O–H groups in total. The molecule has 2 aliphatic heterocycles. The van der Waals surface area contributed by atoms with Crippen molar-refractivity contribution in [2.75, 3.05) is 32.7 Å². The van der Waals surface area contributed by atoms with Gasteiger partial charge in [0.25, 0.3) is 0 Å². The number of carbonyl (C=O) groups is 2. The Labute approximate surface area is 147 Å². The monoisotopic (exact) mass is 337 g/mol. The Bertz CT molecular complexity index is 438. The minimum absolute atomic E-state index is 0.0577. The summed E-state index contributed by atoms with van der Waals surface area (Å²) in [5, 5.41) is 3.24. The van der Waals surface area contributed by atoms with E-state index in [-0.39, 0.29) is 29.2 Å². The molecule has 0 radical (unpaired) electrons. The molecule has 0 unspecified atom stereocenters. The number of hydrogen-bond acceptors (Lipinski definition) is 3. The Morgan fingerprint density at radius 2 is 1.79 bits per heavy atom. The molecule has 5 nitrogen and oxygen atoms in total. The Kier molecular flexibility index (Phi) is 6.67. The first kappa shape index (κ1) is 19.2. The average molecular weight is 338 g/mol. The van der Waals surface area contributed by atoms with Gasteiger partial charge in [0.2, 0.25) is 11.8 Å². The molecule has 138 valence electrons. The van der Waals surface area contributed by atoms with Crippen molar-refractivity contribution in [2.24, 2.45) is 11.3 Å². The lowest BCUT2D eigenvalue weighted by molar-refractivity contribution is -0.142. The molecule has 2 fully saturated rings. The van der Waals surface area contributed by atoms with Crippen LogP contribution >= 0.6 is 0 Å². The molecule has 24 heavy (non-hydrogen) atoms. The smallest absolute Gasteiger partial charge is 0.227 e. The van der Waals surface area contributed by atoms with E-state index in [1.807, 2.05) is 25.7 Å². The predicted octanol–water partition coefficient (Wildman–Crippen LogP) is 2.26. The fraction of sp³-hybridized carbons (Fsp3) is 0.895. The standard InChI is InChI=1S/C19H35N3O2/c1-5-16(14-21-10-6-7-11-21)20-17(23)15-9-8-12-22(13-15)18(24)19(2,3)4/h15-16H,5-14H2,1-4H3,(H,20,23)/t15-,16-/m1/s1. The summed E-state index contributed by atoms with van der Waals surface area (Å²) in [6, 6.07) is 0.226. The van der Waals surface area contributed by atoms with Crippen molar-refractivity contribution in [1.82, 2.24) is 15.1 Å². The highest BCUT2D eigenvalue weighted by Gasteiger charge is 2.34. The van der Waals surface area contributed by atoms with Crippen LogP contribution in [-0.4, -0.2) is 60.4 Å². The molecule has 2 atom stereocenters. The lowest BCUT2D eigenvalue weighted by Gasteiger charge is -2.36. The van der Waals surface area contributed by atoms with Crippen molar-refractivity contribution in [1.29, 1.82) is 0 Å². The van der Waals surface area contributed by atoms with Gasteiger partial charge in [-0.15, -0.1) is 0 Å². The molecular formula is C19H35N3O2. The normalized spacial score (nSPS) is 24.0. The highest BCUT2D eigenvalue weighted by atomic mass is 16.2. The van der Waals surface area contributed by atoms with E-state index in [0.717, 1.165) is 45.4 Å². The van der Waals surface area contributed by atoms with Gasteiger partial charge in [-0.1, -0.05) is 27.7 Å². The zero-order valence-corrected chi connectivity index (χ0v) is 15.9. The quantitative estimate of drug-likeness (QED) is 0.837. The van der Waals surface area contributed by atoms with E-state index in [9.17, 15) is 9.59 Å². The van der Waals surface area contributed by atoms with Gasteiger partial charge in [0.15, 0.2) is 0 Å². The summed E-state index contributed by atoms with van der Waals surface area (Å²) in [4.78, 5) is 29.5. The first-order valence-electron chi connectivity index (χ1n) is 9.63. The Balaban J connectivity index is 1.87. The van der Waals surface area contributed by atoms with Crippen molar-refractivity contribution < 1.29 is 9.59 Å². The molecule has 2 saturated heterocycles. The molecule has 0 aromatic carbocycles. The molecule has 0 aromatic heterocycles. The summed E-state index contributed by atoms with van der Waals surface area (Å²) in [5.74, 6) is 0.231. The van der Waals surface area contributed by atoms with E-state index in [1.54, 1.807) is 0 Å². The maximum absolute atomic E-state index is 12.7. The minimum Gasteiger partial charge on any atom is -0.352 e. The van der Waals surface area contributed by atoms with E-state index < -0.39 is 0 Å². The van der Waals surface area contributed by atoms with Crippen LogP contribution in [0, 0.1) is 11.3 Å². The van der Waals surface area contributed by atoms with Crippen LogP contribution in [0.25, 0.3) is 0 Å². The third kappa shape index (κ3) is 5.20. The Hall–Kier alpha value is -1.10. The lowest BCUT2D eigenvalue weighted by Crippen LogP contribution is -2.51. The molecule has 2 heterocycles. The third-order valence-electron chi connectivity index (χ3n) is 5.24. The van der Waals surface area contributed by atoms with Crippen molar-refractivity contribution in [3.63, 3.8) is 0 Å². The number of rotatable bonds is 5. The minimum atomic E-state index is -0.375. The second-order valence-electron chi connectivity index (χ2n) is 8.46. The third-order valence-corrected chi connectivity index (χ3v) is 5.24. The lowest BCUT2D eigenvalue weighted by atomic mass is 9.90. The summed E-state index contributed by atoms with van der Waals surface area (Å²) in [6.07, 6.45) is 5.32. The molecule has 0 spiro atoms. The Morgan fingerprint density at radius 3 is 2.38 bits per heavy atom. The van der Waals surface area contributed by atoms with Crippen LogP contribution in [0.2, 0.25) is 0 Å².